The summed E-state index contributed by atoms with van der Waals surface area (Å²) in [4.78, 5) is 4.61. The van der Waals surface area contributed by atoms with Crippen LogP contribution in [0.2, 0.25) is 0 Å². The molecule has 3 aromatic heterocycles. The predicted octanol–water partition coefficient (Wildman–Crippen LogP) is 6.94. The summed E-state index contributed by atoms with van der Waals surface area (Å²) in [5.41, 5.74) is 6.65. The number of para-hydroxylation sites is 1. The van der Waals surface area contributed by atoms with E-state index in [9.17, 15) is 0 Å². The molecule has 1 N–H and O–H groups in total. The molecule has 2 aromatic carbocycles. The molecular formula is C30H33N5O. The third kappa shape index (κ3) is 4.39. The second-order valence-electron chi connectivity index (χ2n) is 9.13. The number of aryl methyl sites for hydroxylation is 3. The van der Waals surface area contributed by atoms with Crippen molar-refractivity contribution >= 4 is 27.5 Å². The van der Waals surface area contributed by atoms with Gasteiger partial charge in [0.25, 0.3) is 0 Å². The molecule has 0 aliphatic carbocycles. The molecule has 36 heavy (non-hydrogen) atoms. The third-order valence-corrected chi connectivity index (χ3v) is 6.78. The molecular weight excluding hydrogens is 446 g/mol. The van der Waals surface area contributed by atoms with Crippen LogP contribution in [0.1, 0.15) is 49.3 Å². The van der Waals surface area contributed by atoms with E-state index in [-0.39, 0.29) is 0 Å². The Labute approximate surface area is 212 Å². The van der Waals surface area contributed by atoms with Crippen molar-refractivity contribution in [3.8, 4) is 11.4 Å². The van der Waals surface area contributed by atoms with Gasteiger partial charge in [0.1, 0.15) is 5.75 Å². The van der Waals surface area contributed by atoms with Crippen molar-refractivity contribution in [2.75, 3.05) is 11.9 Å². The normalized spacial score (nSPS) is 11.3. The molecule has 6 heteroatoms. The minimum atomic E-state index is 0.624. The molecule has 0 atom stereocenters. The van der Waals surface area contributed by atoms with E-state index < -0.39 is 0 Å². The third-order valence-electron chi connectivity index (χ3n) is 6.78. The van der Waals surface area contributed by atoms with Gasteiger partial charge in [0.15, 0.2) is 5.82 Å². The Hall–Kier alpha value is -3.93. The maximum absolute atomic E-state index is 5.66. The van der Waals surface area contributed by atoms with Crippen molar-refractivity contribution < 1.29 is 4.74 Å². The number of nitrogens with one attached hydrogen (secondary N) is 1. The number of unbranched alkanes of at least 4 members (excludes halogenated alkanes) is 1. The molecule has 0 saturated heterocycles. The largest absolute Gasteiger partial charge is 0.494 e. The summed E-state index contributed by atoms with van der Waals surface area (Å²) in [6.45, 7) is 9.84. The van der Waals surface area contributed by atoms with Gasteiger partial charge in [-0.3, -0.25) is 4.98 Å². The van der Waals surface area contributed by atoms with E-state index in [1.165, 1.54) is 11.1 Å². The van der Waals surface area contributed by atoms with Gasteiger partial charge in [0, 0.05) is 46.0 Å². The van der Waals surface area contributed by atoms with Gasteiger partial charge < -0.3 is 14.6 Å². The maximum atomic E-state index is 5.66. The molecule has 5 rings (SSSR count). The fraction of sp³-hybridized carbons (Fsp3) is 0.300. The number of benzene rings is 2. The Morgan fingerprint density at radius 2 is 1.67 bits per heavy atom. The number of hydrogen-bond donors (Lipinski definition) is 1. The zero-order valence-electron chi connectivity index (χ0n) is 21.5. The van der Waals surface area contributed by atoms with Gasteiger partial charge >= 0.3 is 0 Å². The highest BCUT2D eigenvalue weighted by Gasteiger charge is 2.21. The quantitative estimate of drug-likeness (QED) is 0.248. The van der Waals surface area contributed by atoms with E-state index in [1.54, 1.807) is 0 Å². The average Bonchev–Trinajstić information content (AvgIpc) is 3.17. The van der Waals surface area contributed by atoms with Gasteiger partial charge in [-0.1, -0.05) is 37.6 Å². The molecule has 0 fully saturated rings. The predicted molar refractivity (Wildman–Crippen MR) is 147 cm³/mol. The Bertz CT molecular complexity index is 1500. The van der Waals surface area contributed by atoms with E-state index >= 15 is 0 Å². The second-order valence-corrected chi connectivity index (χ2v) is 9.13. The number of nitrogens with zero attached hydrogens (tertiary/aromatic N) is 4. The Balaban J connectivity index is 1.59. The van der Waals surface area contributed by atoms with E-state index in [1.807, 2.05) is 31.3 Å². The molecule has 0 radical (unpaired) electrons. The topological polar surface area (TPSA) is 64.9 Å². The van der Waals surface area contributed by atoms with Crippen LogP contribution >= 0.6 is 0 Å². The van der Waals surface area contributed by atoms with Gasteiger partial charge in [-0.25, -0.2) is 0 Å². The van der Waals surface area contributed by atoms with E-state index in [0.29, 0.717) is 13.2 Å². The van der Waals surface area contributed by atoms with Crippen LogP contribution in [0.4, 0.5) is 5.82 Å². The van der Waals surface area contributed by atoms with Gasteiger partial charge in [-0.2, -0.15) is 5.10 Å². The monoisotopic (exact) mass is 479 g/mol. The van der Waals surface area contributed by atoms with Crippen molar-refractivity contribution in [3.05, 3.63) is 83.4 Å². The Morgan fingerprint density at radius 3 is 2.44 bits per heavy atom. The molecule has 0 aliphatic rings. The number of fused-ring (bicyclic) bond motifs is 2. The maximum Gasteiger partial charge on any atom is 0.158 e. The molecule has 5 aromatic rings. The molecule has 0 amide bonds. The van der Waals surface area contributed by atoms with Gasteiger partial charge in [0.2, 0.25) is 0 Å². The first-order valence-corrected chi connectivity index (χ1v) is 12.8. The van der Waals surface area contributed by atoms with E-state index in [0.717, 1.165) is 69.8 Å². The lowest BCUT2D eigenvalue weighted by atomic mass is 10.1. The number of pyridine rings is 1. The van der Waals surface area contributed by atoms with E-state index in [2.05, 4.69) is 77.1 Å². The molecule has 0 saturated carbocycles. The first-order chi connectivity index (χ1) is 17.6. The van der Waals surface area contributed by atoms with Crippen molar-refractivity contribution in [2.24, 2.45) is 0 Å². The van der Waals surface area contributed by atoms with Crippen LogP contribution in [0.15, 0.2) is 60.8 Å². The lowest BCUT2D eigenvalue weighted by molar-refractivity contribution is 0.340. The summed E-state index contributed by atoms with van der Waals surface area (Å²) in [5.74, 6) is 1.69. The Kier molecular flexibility index (Phi) is 6.85. The molecule has 0 aliphatic heterocycles. The average molecular weight is 480 g/mol. The zero-order chi connectivity index (χ0) is 25.1. The van der Waals surface area contributed by atoms with Gasteiger partial charge in [0.05, 0.1) is 17.8 Å². The van der Waals surface area contributed by atoms with Crippen LogP contribution in [0.25, 0.3) is 27.4 Å². The van der Waals surface area contributed by atoms with Crippen molar-refractivity contribution in [2.45, 2.75) is 53.5 Å². The summed E-state index contributed by atoms with van der Waals surface area (Å²) >= 11 is 0. The fourth-order valence-electron chi connectivity index (χ4n) is 5.07. The SMILES string of the molecule is CCCCc1nnc(NCc2cccc3cccnc23)c2c(C)n(-c3ccc(OCC)cc3)c(C)c12. The van der Waals surface area contributed by atoms with E-state index in [4.69, 9.17) is 9.84 Å². The summed E-state index contributed by atoms with van der Waals surface area (Å²) in [6, 6.07) is 18.6. The number of aromatic nitrogens is 4. The standard InChI is InChI=1S/C30H33N5O/c1-5-7-13-26-27-20(3)35(24-14-16-25(17-15-24)36-6-2)21(4)28(27)30(34-33-26)32-19-23-11-8-10-22-12-9-18-31-29(22)23/h8-12,14-18H,5-7,13,19H2,1-4H3,(H,32,34). The summed E-state index contributed by atoms with van der Waals surface area (Å²) in [6.07, 6.45) is 4.97. The highest BCUT2D eigenvalue weighted by Crippen LogP contribution is 2.35. The second kappa shape index (κ2) is 10.4. The van der Waals surface area contributed by atoms with Crippen LogP contribution < -0.4 is 10.1 Å². The lowest BCUT2D eigenvalue weighted by Gasteiger charge is -2.11. The first kappa shape index (κ1) is 23.8. The smallest absolute Gasteiger partial charge is 0.158 e. The number of anilines is 1. The molecule has 184 valence electrons. The van der Waals surface area contributed by atoms with Crippen LogP contribution in [-0.4, -0.2) is 26.4 Å². The number of hydrogen-bond acceptors (Lipinski definition) is 5. The van der Waals surface area contributed by atoms with Crippen LogP contribution in [0.3, 0.4) is 0 Å². The Morgan fingerprint density at radius 1 is 0.889 bits per heavy atom. The van der Waals surface area contributed by atoms with Crippen LogP contribution in [0, 0.1) is 13.8 Å². The molecule has 3 heterocycles. The summed E-state index contributed by atoms with van der Waals surface area (Å²) < 4.78 is 7.97. The lowest BCUT2D eigenvalue weighted by Crippen LogP contribution is -2.06. The minimum absolute atomic E-state index is 0.624. The number of ether oxygens (including phenoxy) is 1. The van der Waals surface area contributed by atoms with Crippen molar-refractivity contribution in [3.63, 3.8) is 0 Å². The molecule has 0 spiro atoms. The minimum Gasteiger partial charge on any atom is -0.494 e. The van der Waals surface area contributed by atoms with Crippen molar-refractivity contribution in [1.29, 1.82) is 0 Å². The van der Waals surface area contributed by atoms with Crippen LogP contribution in [0.5, 0.6) is 5.75 Å². The molecule has 6 nitrogen and oxygen atoms in total. The van der Waals surface area contributed by atoms with Crippen LogP contribution in [-0.2, 0) is 13.0 Å². The molecule has 0 bridgehead atoms. The van der Waals surface area contributed by atoms with Crippen molar-refractivity contribution in [1.82, 2.24) is 19.7 Å². The highest BCUT2D eigenvalue weighted by atomic mass is 16.5. The van der Waals surface area contributed by atoms with Gasteiger partial charge in [-0.15, -0.1) is 5.10 Å². The highest BCUT2D eigenvalue weighted by molar-refractivity contribution is 5.98. The summed E-state index contributed by atoms with van der Waals surface area (Å²) in [7, 11) is 0. The molecule has 0 unspecified atom stereocenters. The first-order valence-electron chi connectivity index (χ1n) is 12.8. The number of rotatable bonds is 9. The fourth-order valence-corrected chi connectivity index (χ4v) is 5.07. The zero-order valence-corrected chi connectivity index (χ0v) is 21.5. The summed E-state index contributed by atoms with van der Waals surface area (Å²) in [5, 5.41) is 16.5. The van der Waals surface area contributed by atoms with Gasteiger partial charge in [-0.05, 0) is 69.5 Å².